The van der Waals surface area contributed by atoms with Gasteiger partial charge in [-0.25, -0.2) is 0 Å². The molecule has 1 fully saturated rings. The third-order valence-corrected chi connectivity index (χ3v) is 3.73. The molecule has 1 aliphatic rings. The first-order valence-corrected chi connectivity index (χ1v) is 5.82. The minimum Gasteiger partial charge on any atom is -0.497 e. The SMILES string of the molecule is COc1ccc(C2(C(C)N)CC2)c(C(F)(F)F)c1. The predicted octanol–water partition coefficient (Wildman–Crippen LogP) is 3.09. The topological polar surface area (TPSA) is 35.2 Å². The Labute approximate surface area is 104 Å². The van der Waals surface area contributed by atoms with Gasteiger partial charge in [-0.15, -0.1) is 0 Å². The highest BCUT2D eigenvalue weighted by Crippen LogP contribution is 2.54. The maximum atomic E-state index is 13.1. The summed E-state index contributed by atoms with van der Waals surface area (Å²) in [5, 5.41) is 0. The Bertz CT molecular complexity index is 450. The van der Waals surface area contributed by atoms with Crippen LogP contribution in [0.1, 0.15) is 30.9 Å². The summed E-state index contributed by atoms with van der Waals surface area (Å²) < 4.78 is 44.1. The van der Waals surface area contributed by atoms with E-state index in [0.29, 0.717) is 18.4 Å². The van der Waals surface area contributed by atoms with Crippen molar-refractivity contribution in [1.29, 1.82) is 0 Å². The molecule has 0 spiro atoms. The molecule has 1 aliphatic carbocycles. The average molecular weight is 259 g/mol. The van der Waals surface area contributed by atoms with Crippen molar-refractivity contribution in [2.24, 2.45) is 5.73 Å². The lowest BCUT2D eigenvalue weighted by atomic mass is 9.85. The van der Waals surface area contributed by atoms with E-state index in [0.717, 1.165) is 6.07 Å². The first-order chi connectivity index (χ1) is 8.31. The molecule has 0 radical (unpaired) electrons. The molecule has 1 saturated carbocycles. The van der Waals surface area contributed by atoms with Crippen molar-refractivity contribution >= 4 is 0 Å². The molecule has 0 heterocycles. The van der Waals surface area contributed by atoms with Gasteiger partial charge in [-0.05, 0) is 37.5 Å². The number of nitrogens with two attached hydrogens (primary N) is 1. The number of ether oxygens (including phenoxy) is 1. The van der Waals surface area contributed by atoms with Crippen molar-refractivity contribution in [3.8, 4) is 5.75 Å². The van der Waals surface area contributed by atoms with E-state index in [1.807, 2.05) is 0 Å². The molecule has 0 aromatic heterocycles. The van der Waals surface area contributed by atoms with E-state index in [-0.39, 0.29) is 11.8 Å². The zero-order chi connectivity index (χ0) is 13.6. The summed E-state index contributed by atoms with van der Waals surface area (Å²) in [6.45, 7) is 1.76. The van der Waals surface area contributed by atoms with Crippen LogP contribution >= 0.6 is 0 Å². The largest absolute Gasteiger partial charge is 0.497 e. The first kappa shape index (κ1) is 13.2. The van der Waals surface area contributed by atoms with E-state index in [2.05, 4.69) is 0 Å². The smallest absolute Gasteiger partial charge is 0.416 e. The number of alkyl halides is 3. The molecule has 0 amide bonds. The van der Waals surface area contributed by atoms with E-state index in [9.17, 15) is 13.2 Å². The molecule has 18 heavy (non-hydrogen) atoms. The summed E-state index contributed by atoms with van der Waals surface area (Å²) >= 11 is 0. The number of benzene rings is 1. The van der Waals surface area contributed by atoms with E-state index in [1.165, 1.54) is 13.2 Å². The van der Waals surface area contributed by atoms with Crippen LogP contribution in [-0.2, 0) is 11.6 Å². The van der Waals surface area contributed by atoms with E-state index in [1.54, 1.807) is 13.0 Å². The minimum atomic E-state index is -4.38. The standard InChI is InChI=1S/C13H16F3NO/c1-8(17)12(5-6-12)10-4-3-9(18-2)7-11(10)13(14,15)16/h3-4,7-8H,5-6,17H2,1-2H3. The van der Waals surface area contributed by atoms with Crippen molar-refractivity contribution in [3.05, 3.63) is 29.3 Å². The van der Waals surface area contributed by atoms with Gasteiger partial charge in [0.1, 0.15) is 5.75 Å². The Kier molecular flexibility index (Phi) is 3.05. The van der Waals surface area contributed by atoms with Crippen LogP contribution < -0.4 is 10.5 Å². The fourth-order valence-corrected chi connectivity index (χ4v) is 2.42. The molecule has 5 heteroatoms. The molecular formula is C13H16F3NO. The Hall–Kier alpha value is -1.23. The highest BCUT2D eigenvalue weighted by Gasteiger charge is 2.51. The highest BCUT2D eigenvalue weighted by atomic mass is 19.4. The number of hydrogen-bond acceptors (Lipinski definition) is 2. The fraction of sp³-hybridized carbons (Fsp3) is 0.538. The second kappa shape index (κ2) is 4.16. The molecule has 100 valence electrons. The van der Waals surface area contributed by atoms with Crippen LogP contribution in [0.3, 0.4) is 0 Å². The van der Waals surface area contributed by atoms with Gasteiger partial charge in [0.2, 0.25) is 0 Å². The normalized spacial score (nSPS) is 19.4. The molecule has 2 nitrogen and oxygen atoms in total. The van der Waals surface area contributed by atoms with E-state index in [4.69, 9.17) is 10.5 Å². The minimum absolute atomic E-state index is 0.214. The lowest BCUT2D eigenvalue weighted by Gasteiger charge is -2.24. The molecule has 1 atom stereocenters. The van der Waals surface area contributed by atoms with Gasteiger partial charge in [0.05, 0.1) is 12.7 Å². The van der Waals surface area contributed by atoms with Crippen molar-refractivity contribution in [1.82, 2.24) is 0 Å². The molecular weight excluding hydrogens is 243 g/mol. The van der Waals surface area contributed by atoms with E-state index < -0.39 is 17.2 Å². The summed E-state index contributed by atoms with van der Waals surface area (Å²) in [5.74, 6) is 0.214. The monoisotopic (exact) mass is 259 g/mol. The zero-order valence-electron chi connectivity index (χ0n) is 10.3. The lowest BCUT2D eigenvalue weighted by molar-refractivity contribution is -0.138. The number of methoxy groups -OCH3 is 1. The molecule has 1 aromatic rings. The molecule has 0 aliphatic heterocycles. The van der Waals surface area contributed by atoms with Gasteiger partial charge in [0.15, 0.2) is 0 Å². The fourth-order valence-electron chi connectivity index (χ4n) is 2.42. The van der Waals surface area contributed by atoms with Crippen molar-refractivity contribution in [3.63, 3.8) is 0 Å². The van der Waals surface area contributed by atoms with Gasteiger partial charge in [0, 0.05) is 11.5 Å². The molecule has 0 bridgehead atoms. The summed E-state index contributed by atoms with van der Waals surface area (Å²) in [4.78, 5) is 0. The quantitative estimate of drug-likeness (QED) is 0.905. The van der Waals surface area contributed by atoms with Gasteiger partial charge in [-0.1, -0.05) is 6.07 Å². The maximum absolute atomic E-state index is 13.1. The van der Waals surface area contributed by atoms with Crippen LogP contribution in [0.25, 0.3) is 0 Å². The Morgan fingerprint density at radius 3 is 2.33 bits per heavy atom. The van der Waals surface area contributed by atoms with Crippen LogP contribution in [0.4, 0.5) is 13.2 Å². The van der Waals surface area contributed by atoms with Gasteiger partial charge in [-0.3, -0.25) is 0 Å². The van der Waals surface area contributed by atoms with Gasteiger partial charge < -0.3 is 10.5 Å². The summed E-state index contributed by atoms with van der Waals surface area (Å²) in [6.07, 6.45) is -2.96. The third-order valence-electron chi connectivity index (χ3n) is 3.73. The molecule has 1 unspecified atom stereocenters. The van der Waals surface area contributed by atoms with Crippen molar-refractivity contribution in [2.45, 2.75) is 37.4 Å². The first-order valence-electron chi connectivity index (χ1n) is 5.82. The second-order valence-corrected chi connectivity index (χ2v) is 4.85. The summed E-state index contributed by atoms with van der Waals surface area (Å²) in [6, 6.07) is 3.83. The van der Waals surface area contributed by atoms with E-state index >= 15 is 0 Å². The van der Waals surface area contributed by atoms with Gasteiger partial charge in [-0.2, -0.15) is 13.2 Å². The number of hydrogen-bond donors (Lipinski definition) is 1. The Morgan fingerprint density at radius 2 is 1.94 bits per heavy atom. The van der Waals surface area contributed by atoms with Crippen LogP contribution in [0.15, 0.2) is 18.2 Å². The molecule has 1 aromatic carbocycles. The summed E-state index contributed by atoms with van der Waals surface area (Å²) in [5.41, 5.74) is 5.00. The van der Waals surface area contributed by atoms with Crippen molar-refractivity contribution < 1.29 is 17.9 Å². The average Bonchev–Trinajstić information content (AvgIpc) is 3.08. The maximum Gasteiger partial charge on any atom is 0.416 e. The number of rotatable bonds is 3. The van der Waals surface area contributed by atoms with Gasteiger partial charge in [0.25, 0.3) is 0 Å². The number of halogens is 3. The summed E-state index contributed by atoms with van der Waals surface area (Å²) in [7, 11) is 1.35. The molecule has 2 N–H and O–H groups in total. The highest BCUT2D eigenvalue weighted by molar-refractivity contribution is 5.45. The van der Waals surface area contributed by atoms with Crippen molar-refractivity contribution in [2.75, 3.05) is 7.11 Å². The third kappa shape index (κ3) is 2.07. The Morgan fingerprint density at radius 1 is 1.33 bits per heavy atom. The second-order valence-electron chi connectivity index (χ2n) is 4.85. The predicted molar refractivity (Wildman–Crippen MR) is 62.6 cm³/mol. The van der Waals surface area contributed by atoms with Gasteiger partial charge >= 0.3 is 6.18 Å². The van der Waals surface area contributed by atoms with Crippen LogP contribution in [-0.4, -0.2) is 13.2 Å². The molecule has 2 rings (SSSR count). The molecule has 0 saturated heterocycles. The van der Waals surface area contributed by atoms with Crippen LogP contribution in [0.5, 0.6) is 5.75 Å². The Balaban J connectivity index is 2.54. The zero-order valence-corrected chi connectivity index (χ0v) is 10.3. The van der Waals surface area contributed by atoms with Crippen LogP contribution in [0, 0.1) is 0 Å². The lowest BCUT2D eigenvalue weighted by Crippen LogP contribution is -2.33. The van der Waals surface area contributed by atoms with Crippen LogP contribution in [0.2, 0.25) is 0 Å².